The first-order chi connectivity index (χ1) is 35.2. The maximum absolute atomic E-state index is 12.4. The zero-order valence-electron chi connectivity index (χ0n) is 42.5. The molecule has 28 nitrogen and oxygen atoms in total. The summed E-state index contributed by atoms with van der Waals surface area (Å²) in [6, 6.07) is 0. The van der Waals surface area contributed by atoms with Gasteiger partial charge in [-0.25, -0.2) is 0 Å². The normalized spacial score (nSPS) is 20.5. The minimum atomic E-state index is -1.54. The monoisotopic (exact) mass is 1070 g/mol. The third-order valence-electron chi connectivity index (χ3n) is 10.2. The van der Waals surface area contributed by atoms with E-state index in [1.165, 1.54) is 6.92 Å². The summed E-state index contributed by atoms with van der Waals surface area (Å²) in [4.78, 5) is 37.2. The SMILES string of the molecule is CC(O)C(CO)OC(OCCOCCOCCNC(=O)CCOCC(C)(COCCC(=O)NCCOCCOCCO)COCCC(=O)NCCOCCOCCOC1OC(CO)C(O)C(O)C1O)C(O)CO. The Balaban J connectivity index is 2.35. The lowest BCUT2D eigenvalue weighted by molar-refractivity contribution is -0.302. The lowest BCUT2D eigenvalue weighted by Crippen LogP contribution is -2.59. The molecule has 0 aromatic heterocycles. The minimum absolute atomic E-state index is 0.00240. The van der Waals surface area contributed by atoms with E-state index in [0.29, 0.717) is 26.4 Å². The fourth-order valence-corrected chi connectivity index (χ4v) is 6.12. The highest BCUT2D eigenvalue weighted by atomic mass is 16.7. The van der Waals surface area contributed by atoms with Crippen molar-refractivity contribution in [2.75, 3.05) is 178 Å². The van der Waals surface area contributed by atoms with Crippen LogP contribution < -0.4 is 16.0 Å². The van der Waals surface area contributed by atoms with E-state index in [2.05, 4.69) is 16.0 Å². The fourth-order valence-electron chi connectivity index (χ4n) is 6.12. The van der Waals surface area contributed by atoms with Gasteiger partial charge in [0.15, 0.2) is 12.6 Å². The summed E-state index contributed by atoms with van der Waals surface area (Å²) < 4.78 is 71.2. The largest absolute Gasteiger partial charge is 0.394 e. The molecular weight excluding hydrogens is 982 g/mol. The van der Waals surface area contributed by atoms with Crippen molar-refractivity contribution in [3.8, 4) is 0 Å². The molecule has 1 heterocycles. The van der Waals surface area contributed by atoms with Gasteiger partial charge in [0.25, 0.3) is 0 Å². The topological polar surface area (TPSA) is 389 Å². The molecule has 1 aliphatic rings. The van der Waals surface area contributed by atoms with Crippen LogP contribution >= 0.6 is 0 Å². The van der Waals surface area contributed by atoms with Gasteiger partial charge in [-0.1, -0.05) is 6.92 Å². The van der Waals surface area contributed by atoms with Crippen LogP contribution in [0.25, 0.3) is 0 Å². The van der Waals surface area contributed by atoms with Gasteiger partial charge in [-0.3, -0.25) is 14.4 Å². The Bertz CT molecular complexity index is 1350. The minimum Gasteiger partial charge on any atom is -0.394 e. The number of rotatable bonds is 50. The number of hydrogen-bond donors (Lipinski definition) is 12. The molecule has 10 atom stereocenters. The average molecular weight is 1070 g/mol. The summed E-state index contributed by atoms with van der Waals surface area (Å²) in [6.07, 6.45) is -11.3. The third kappa shape index (κ3) is 34.7. The molecule has 0 aliphatic carbocycles. The molecule has 432 valence electrons. The Kier molecular flexibility index (Phi) is 41.9. The van der Waals surface area contributed by atoms with E-state index in [1.54, 1.807) is 0 Å². The number of amides is 3. The zero-order valence-corrected chi connectivity index (χ0v) is 42.5. The van der Waals surface area contributed by atoms with Crippen molar-refractivity contribution in [3.63, 3.8) is 0 Å². The Morgan fingerprint density at radius 2 is 0.959 bits per heavy atom. The molecule has 1 aliphatic heterocycles. The van der Waals surface area contributed by atoms with Crippen molar-refractivity contribution in [1.29, 1.82) is 0 Å². The second kappa shape index (κ2) is 44.6. The fraction of sp³-hybridized carbons (Fsp3) is 0.933. The number of carbonyl (C=O) groups is 3. The van der Waals surface area contributed by atoms with E-state index in [4.69, 9.17) is 66.7 Å². The van der Waals surface area contributed by atoms with E-state index in [9.17, 15) is 55.2 Å². The van der Waals surface area contributed by atoms with Crippen molar-refractivity contribution in [1.82, 2.24) is 16.0 Å². The molecule has 1 fully saturated rings. The van der Waals surface area contributed by atoms with Crippen molar-refractivity contribution in [2.24, 2.45) is 5.41 Å². The van der Waals surface area contributed by atoms with Crippen molar-refractivity contribution in [2.45, 2.75) is 88.4 Å². The van der Waals surface area contributed by atoms with Crippen LogP contribution in [0.15, 0.2) is 0 Å². The number of carbonyl (C=O) groups excluding carboxylic acids is 3. The van der Waals surface area contributed by atoms with E-state index in [-0.39, 0.29) is 169 Å². The molecular formula is C45H87N3O25. The van der Waals surface area contributed by atoms with Crippen LogP contribution in [0.1, 0.15) is 33.1 Å². The second-order valence-corrected chi connectivity index (χ2v) is 16.8. The molecule has 0 radical (unpaired) electrons. The van der Waals surface area contributed by atoms with Crippen LogP contribution in [0.5, 0.6) is 0 Å². The number of ether oxygens (including phenoxy) is 13. The highest BCUT2D eigenvalue weighted by Crippen LogP contribution is 2.22. The molecule has 0 spiro atoms. The first-order valence-electron chi connectivity index (χ1n) is 24.6. The Morgan fingerprint density at radius 1 is 0.534 bits per heavy atom. The molecule has 12 N–H and O–H groups in total. The lowest BCUT2D eigenvalue weighted by Gasteiger charge is -2.39. The molecule has 1 saturated heterocycles. The van der Waals surface area contributed by atoms with Gasteiger partial charge in [0, 0.05) is 44.3 Å². The summed E-state index contributed by atoms with van der Waals surface area (Å²) in [5.74, 6) is -0.751. The molecule has 73 heavy (non-hydrogen) atoms. The van der Waals surface area contributed by atoms with Crippen LogP contribution in [0.4, 0.5) is 0 Å². The molecule has 1 rings (SSSR count). The van der Waals surface area contributed by atoms with Gasteiger partial charge in [-0.2, -0.15) is 0 Å². The maximum atomic E-state index is 12.4. The Morgan fingerprint density at radius 3 is 1.37 bits per heavy atom. The number of hydrogen-bond acceptors (Lipinski definition) is 25. The van der Waals surface area contributed by atoms with Crippen LogP contribution in [0.2, 0.25) is 0 Å². The summed E-state index contributed by atoms with van der Waals surface area (Å²) >= 11 is 0. The molecule has 0 saturated carbocycles. The lowest BCUT2D eigenvalue weighted by atomic mass is 9.94. The van der Waals surface area contributed by atoms with E-state index in [0.717, 1.165) is 0 Å². The van der Waals surface area contributed by atoms with Crippen molar-refractivity contribution >= 4 is 17.7 Å². The van der Waals surface area contributed by atoms with Gasteiger partial charge in [0.1, 0.15) is 36.6 Å². The van der Waals surface area contributed by atoms with Gasteiger partial charge >= 0.3 is 0 Å². The third-order valence-corrected chi connectivity index (χ3v) is 10.2. The predicted molar refractivity (Wildman–Crippen MR) is 252 cm³/mol. The average Bonchev–Trinajstić information content (AvgIpc) is 3.37. The summed E-state index contributed by atoms with van der Waals surface area (Å²) in [6.45, 7) is 5.66. The Hall–Kier alpha value is -2.47. The van der Waals surface area contributed by atoms with E-state index >= 15 is 0 Å². The molecule has 28 heteroatoms. The first kappa shape index (κ1) is 68.5. The highest BCUT2D eigenvalue weighted by Gasteiger charge is 2.44. The number of nitrogens with one attached hydrogen (secondary N) is 3. The molecule has 0 bridgehead atoms. The molecule has 0 aromatic carbocycles. The molecule has 3 amide bonds. The standard InChI is InChI=1S/C45H87N3O25/c1-33(53)35(28-51)72-43(34(54)27-50)70-25-23-65-21-18-62-14-7-47-38(56)4-11-68-31-45(2,30-67-10-3-37(55)46-6-13-61-17-20-64-16-9-49)32-69-12-5-39(57)48-8-15-63-19-22-66-24-26-71-44-42(60)41(59)40(58)36(29-52)73-44/h33-36,40-44,49-54,58-60H,3-32H2,1-2H3,(H,46,55)(H,47,56)(H,48,57). The maximum Gasteiger partial charge on any atom is 0.222 e. The van der Waals surface area contributed by atoms with Gasteiger partial charge in [-0.05, 0) is 6.92 Å². The highest BCUT2D eigenvalue weighted by molar-refractivity contribution is 5.76. The van der Waals surface area contributed by atoms with Crippen LogP contribution in [0.3, 0.4) is 0 Å². The van der Waals surface area contributed by atoms with E-state index < -0.39 is 80.5 Å². The van der Waals surface area contributed by atoms with Crippen LogP contribution in [-0.2, 0) is 76.0 Å². The van der Waals surface area contributed by atoms with Gasteiger partial charge in [-0.15, -0.1) is 0 Å². The van der Waals surface area contributed by atoms with Crippen LogP contribution in [0, 0.1) is 5.41 Å². The quantitative estimate of drug-likeness (QED) is 0.0199. The zero-order chi connectivity index (χ0) is 54.0. The van der Waals surface area contributed by atoms with Gasteiger partial charge in [0.2, 0.25) is 17.7 Å². The first-order valence-corrected chi connectivity index (χ1v) is 24.6. The smallest absolute Gasteiger partial charge is 0.222 e. The molecule has 0 aromatic rings. The number of aliphatic hydroxyl groups is 9. The van der Waals surface area contributed by atoms with Crippen LogP contribution in [-0.4, -0.2) is 297 Å². The Labute approximate surface area is 427 Å². The predicted octanol–water partition coefficient (Wildman–Crippen LogP) is -6.08. The van der Waals surface area contributed by atoms with Crippen molar-refractivity contribution in [3.05, 3.63) is 0 Å². The second-order valence-electron chi connectivity index (χ2n) is 16.8. The van der Waals surface area contributed by atoms with Gasteiger partial charge < -0.3 is 123 Å². The summed E-state index contributed by atoms with van der Waals surface area (Å²) in [5, 5.41) is 94.1. The van der Waals surface area contributed by atoms with Crippen molar-refractivity contribution < 1.29 is 122 Å². The molecule has 10 unspecified atom stereocenters. The van der Waals surface area contributed by atoms with Gasteiger partial charge in [0.05, 0.1) is 165 Å². The summed E-state index contributed by atoms with van der Waals surface area (Å²) in [5.41, 5.74) is -0.711. The number of aliphatic hydroxyl groups excluding tert-OH is 9. The summed E-state index contributed by atoms with van der Waals surface area (Å²) in [7, 11) is 0. The van der Waals surface area contributed by atoms with E-state index in [1.807, 2.05) is 6.92 Å².